The van der Waals surface area contributed by atoms with E-state index in [9.17, 15) is 9.59 Å². The Morgan fingerprint density at radius 1 is 0.963 bits per heavy atom. The summed E-state index contributed by atoms with van der Waals surface area (Å²) in [6, 6.07) is 12.8. The van der Waals surface area contributed by atoms with Crippen molar-refractivity contribution < 1.29 is 23.8 Å². The molecule has 6 heteroatoms. The maximum Gasteiger partial charge on any atom is 0.310 e. The van der Waals surface area contributed by atoms with Gasteiger partial charge in [-0.05, 0) is 36.6 Å². The van der Waals surface area contributed by atoms with E-state index in [0.717, 1.165) is 11.1 Å². The fourth-order valence-corrected chi connectivity index (χ4v) is 2.78. The number of esters is 1. The van der Waals surface area contributed by atoms with Gasteiger partial charge in [-0.3, -0.25) is 9.59 Å². The molecule has 0 heterocycles. The number of rotatable bonds is 9. The number of anilines is 1. The lowest BCUT2D eigenvalue weighted by Crippen LogP contribution is -2.15. The molecular formula is C21H25NO5. The summed E-state index contributed by atoms with van der Waals surface area (Å²) in [6.45, 7) is 2.09. The van der Waals surface area contributed by atoms with E-state index in [1.807, 2.05) is 30.3 Å². The predicted octanol–water partition coefficient (Wildman–Crippen LogP) is 3.38. The van der Waals surface area contributed by atoms with Crippen LogP contribution in [0.4, 0.5) is 5.69 Å². The summed E-state index contributed by atoms with van der Waals surface area (Å²) in [5.41, 5.74) is 2.24. The Balaban J connectivity index is 2.02. The van der Waals surface area contributed by atoms with E-state index in [1.165, 1.54) is 0 Å². The molecule has 144 valence electrons. The quantitative estimate of drug-likeness (QED) is 0.684. The van der Waals surface area contributed by atoms with Gasteiger partial charge in [0, 0.05) is 12.1 Å². The van der Waals surface area contributed by atoms with Crippen molar-refractivity contribution in [2.45, 2.75) is 26.2 Å². The molecule has 2 aromatic rings. The average Bonchev–Trinajstić information content (AvgIpc) is 2.67. The summed E-state index contributed by atoms with van der Waals surface area (Å²) in [4.78, 5) is 24.1. The maximum atomic E-state index is 12.4. The molecule has 0 bridgehead atoms. The van der Waals surface area contributed by atoms with Crippen LogP contribution in [0.5, 0.6) is 11.5 Å². The standard InChI is InChI=1S/C21H25NO5/c1-4-27-20(24)14-16-8-5-6-10-17(16)22-19(23)13-12-15-9-7-11-18(25-2)21(15)26-3/h5-11H,4,12-14H2,1-3H3,(H,22,23). The summed E-state index contributed by atoms with van der Waals surface area (Å²) in [7, 11) is 3.15. The second kappa shape index (κ2) is 10.2. The summed E-state index contributed by atoms with van der Waals surface area (Å²) < 4.78 is 15.7. The number of amides is 1. The minimum absolute atomic E-state index is 0.119. The normalized spacial score (nSPS) is 10.2. The van der Waals surface area contributed by atoms with Gasteiger partial charge in [-0.25, -0.2) is 0 Å². The lowest BCUT2D eigenvalue weighted by Gasteiger charge is -2.13. The van der Waals surface area contributed by atoms with Crippen LogP contribution >= 0.6 is 0 Å². The molecule has 0 atom stereocenters. The van der Waals surface area contributed by atoms with Crippen LogP contribution in [-0.2, 0) is 27.2 Å². The number of benzene rings is 2. The first-order valence-corrected chi connectivity index (χ1v) is 8.82. The predicted molar refractivity (Wildman–Crippen MR) is 103 cm³/mol. The van der Waals surface area contributed by atoms with Crippen LogP contribution in [0.3, 0.4) is 0 Å². The third kappa shape index (κ3) is 5.74. The molecule has 2 rings (SSSR count). The van der Waals surface area contributed by atoms with Gasteiger partial charge in [0.1, 0.15) is 0 Å². The molecular weight excluding hydrogens is 346 g/mol. The van der Waals surface area contributed by atoms with Gasteiger partial charge >= 0.3 is 5.97 Å². The lowest BCUT2D eigenvalue weighted by molar-refractivity contribution is -0.142. The van der Waals surface area contributed by atoms with Crippen LogP contribution in [0.15, 0.2) is 42.5 Å². The summed E-state index contributed by atoms with van der Waals surface area (Å²) in [6.07, 6.45) is 0.900. The van der Waals surface area contributed by atoms with E-state index in [1.54, 1.807) is 33.3 Å². The molecule has 0 aliphatic carbocycles. The largest absolute Gasteiger partial charge is 0.493 e. The fourth-order valence-electron chi connectivity index (χ4n) is 2.78. The minimum Gasteiger partial charge on any atom is -0.493 e. The van der Waals surface area contributed by atoms with Gasteiger partial charge in [0.05, 0.1) is 27.2 Å². The first kappa shape index (κ1) is 20.3. The van der Waals surface area contributed by atoms with E-state index in [0.29, 0.717) is 30.2 Å². The van der Waals surface area contributed by atoms with E-state index in [4.69, 9.17) is 14.2 Å². The number of methoxy groups -OCH3 is 2. The Hall–Kier alpha value is -3.02. The van der Waals surface area contributed by atoms with Gasteiger partial charge in [0.2, 0.25) is 5.91 Å². The van der Waals surface area contributed by atoms with Crippen molar-refractivity contribution in [1.82, 2.24) is 0 Å². The number of carbonyl (C=O) groups excluding carboxylic acids is 2. The Morgan fingerprint density at radius 2 is 1.70 bits per heavy atom. The Kier molecular flexibility index (Phi) is 7.67. The summed E-state index contributed by atoms with van der Waals surface area (Å²) >= 11 is 0. The second-order valence-corrected chi connectivity index (χ2v) is 5.84. The van der Waals surface area contributed by atoms with E-state index < -0.39 is 0 Å². The first-order valence-electron chi connectivity index (χ1n) is 8.82. The van der Waals surface area contributed by atoms with Crippen LogP contribution in [0.1, 0.15) is 24.5 Å². The molecule has 0 saturated heterocycles. The van der Waals surface area contributed by atoms with Crippen molar-refractivity contribution in [3.63, 3.8) is 0 Å². The Morgan fingerprint density at radius 3 is 2.41 bits per heavy atom. The number of nitrogens with one attached hydrogen (secondary N) is 1. The minimum atomic E-state index is -0.319. The molecule has 0 aliphatic rings. The van der Waals surface area contributed by atoms with Crippen molar-refractivity contribution in [2.75, 3.05) is 26.1 Å². The number of ether oxygens (including phenoxy) is 3. The number of hydrogen-bond acceptors (Lipinski definition) is 5. The number of aryl methyl sites for hydroxylation is 1. The highest BCUT2D eigenvalue weighted by Gasteiger charge is 2.13. The summed E-state index contributed by atoms with van der Waals surface area (Å²) in [5, 5.41) is 2.88. The summed E-state index contributed by atoms with van der Waals surface area (Å²) in [5.74, 6) is 0.808. The van der Waals surface area contributed by atoms with Crippen LogP contribution in [0.2, 0.25) is 0 Å². The van der Waals surface area contributed by atoms with Gasteiger partial charge in [-0.15, -0.1) is 0 Å². The van der Waals surface area contributed by atoms with Crippen LogP contribution in [0, 0.1) is 0 Å². The van der Waals surface area contributed by atoms with Gasteiger partial charge < -0.3 is 19.5 Å². The van der Waals surface area contributed by atoms with Crippen molar-refractivity contribution >= 4 is 17.6 Å². The zero-order valence-corrected chi connectivity index (χ0v) is 15.9. The highest BCUT2D eigenvalue weighted by Crippen LogP contribution is 2.31. The molecule has 1 N–H and O–H groups in total. The molecule has 2 aromatic carbocycles. The Bertz CT molecular complexity index is 788. The zero-order chi connectivity index (χ0) is 19.6. The zero-order valence-electron chi connectivity index (χ0n) is 15.9. The molecule has 0 unspecified atom stereocenters. The second-order valence-electron chi connectivity index (χ2n) is 5.84. The average molecular weight is 371 g/mol. The van der Waals surface area contributed by atoms with Gasteiger partial charge in [0.25, 0.3) is 0 Å². The topological polar surface area (TPSA) is 73.9 Å². The molecule has 0 saturated carbocycles. The van der Waals surface area contributed by atoms with Gasteiger partial charge in [-0.2, -0.15) is 0 Å². The number of para-hydroxylation sites is 2. The van der Waals surface area contributed by atoms with Crippen molar-refractivity contribution in [2.24, 2.45) is 0 Å². The Labute approximate surface area is 159 Å². The van der Waals surface area contributed by atoms with Crippen LogP contribution < -0.4 is 14.8 Å². The fraction of sp³-hybridized carbons (Fsp3) is 0.333. The molecule has 0 spiro atoms. The van der Waals surface area contributed by atoms with E-state index >= 15 is 0 Å². The highest BCUT2D eigenvalue weighted by molar-refractivity contribution is 5.92. The SMILES string of the molecule is CCOC(=O)Cc1ccccc1NC(=O)CCc1cccc(OC)c1OC. The monoisotopic (exact) mass is 371 g/mol. The molecule has 0 radical (unpaired) electrons. The maximum absolute atomic E-state index is 12.4. The number of hydrogen-bond donors (Lipinski definition) is 1. The van der Waals surface area contributed by atoms with Crippen molar-refractivity contribution in [3.05, 3.63) is 53.6 Å². The van der Waals surface area contributed by atoms with E-state index in [-0.39, 0.29) is 24.7 Å². The van der Waals surface area contributed by atoms with E-state index in [2.05, 4.69) is 5.32 Å². The molecule has 0 aliphatic heterocycles. The first-order chi connectivity index (χ1) is 13.1. The molecule has 1 amide bonds. The van der Waals surface area contributed by atoms with Crippen molar-refractivity contribution in [3.8, 4) is 11.5 Å². The third-order valence-electron chi connectivity index (χ3n) is 4.04. The van der Waals surface area contributed by atoms with Crippen LogP contribution in [-0.4, -0.2) is 32.7 Å². The van der Waals surface area contributed by atoms with Crippen molar-refractivity contribution in [1.29, 1.82) is 0 Å². The molecule has 0 fully saturated rings. The molecule has 27 heavy (non-hydrogen) atoms. The molecule has 6 nitrogen and oxygen atoms in total. The lowest BCUT2D eigenvalue weighted by atomic mass is 10.1. The van der Waals surface area contributed by atoms with Crippen LogP contribution in [0.25, 0.3) is 0 Å². The third-order valence-corrected chi connectivity index (χ3v) is 4.04. The highest BCUT2D eigenvalue weighted by atomic mass is 16.5. The number of carbonyl (C=O) groups is 2. The van der Waals surface area contributed by atoms with Gasteiger partial charge in [-0.1, -0.05) is 30.3 Å². The molecule has 0 aromatic heterocycles. The smallest absolute Gasteiger partial charge is 0.310 e. The van der Waals surface area contributed by atoms with Gasteiger partial charge in [0.15, 0.2) is 11.5 Å².